The third kappa shape index (κ3) is 4.30. The average Bonchev–Trinajstić information content (AvgIpc) is 3.05. The van der Waals surface area contributed by atoms with Crippen molar-refractivity contribution in [1.29, 1.82) is 0 Å². The van der Waals surface area contributed by atoms with E-state index in [0.717, 1.165) is 10.5 Å². The Balaban J connectivity index is 1.82. The lowest BCUT2D eigenvalue weighted by Gasteiger charge is -2.16. The Bertz CT molecular complexity index is 1230. The summed E-state index contributed by atoms with van der Waals surface area (Å²) in [6, 6.07) is 17.7. The van der Waals surface area contributed by atoms with Gasteiger partial charge in [-0.05, 0) is 73.5 Å². The van der Waals surface area contributed by atoms with Gasteiger partial charge in [0.15, 0.2) is 0 Å². The van der Waals surface area contributed by atoms with Gasteiger partial charge in [0, 0.05) is 0 Å². The van der Waals surface area contributed by atoms with E-state index in [2.05, 4.69) is 5.32 Å². The quantitative estimate of drug-likeness (QED) is 0.521. The number of carbonyl (C=O) groups excluding carboxylic acids is 2. The van der Waals surface area contributed by atoms with Crippen molar-refractivity contribution < 1.29 is 23.5 Å². The molecule has 1 aliphatic heterocycles. The van der Waals surface area contributed by atoms with Crippen LogP contribution in [0.3, 0.4) is 0 Å². The fourth-order valence-corrected chi connectivity index (χ4v) is 3.68. The van der Waals surface area contributed by atoms with Gasteiger partial charge < -0.3 is 14.8 Å². The van der Waals surface area contributed by atoms with E-state index in [1.54, 1.807) is 30.3 Å². The van der Waals surface area contributed by atoms with E-state index in [-0.39, 0.29) is 17.0 Å². The zero-order chi connectivity index (χ0) is 23.5. The summed E-state index contributed by atoms with van der Waals surface area (Å²) in [5, 5.41) is 3.12. The van der Waals surface area contributed by atoms with Gasteiger partial charge in [-0.2, -0.15) is 0 Å². The summed E-state index contributed by atoms with van der Waals surface area (Å²) >= 11 is 0. The van der Waals surface area contributed by atoms with E-state index >= 15 is 0 Å². The van der Waals surface area contributed by atoms with Crippen LogP contribution in [0, 0.1) is 12.7 Å². The van der Waals surface area contributed by atoms with Gasteiger partial charge in [-0.25, -0.2) is 9.29 Å². The molecule has 1 N–H and O–H groups in total. The number of rotatable bonds is 7. The third-order valence-electron chi connectivity index (χ3n) is 5.24. The number of imide groups is 1. The lowest BCUT2D eigenvalue weighted by molar-refractivity contribution is -0.120. The standard InChI is InChI=1S/C26H23FN2O4/c1-4-33-20-12-6-17(7-13-20)23-24(28-21-15-16(2)5-14-22(21)32-3)26(31)29(25(23)30)19-10-8-18(27)9-11-19/h5-15,28H,4H2,1-3H3. The van der Waals surface area contributed by atoms with Crippen molar-refractivity contribution in [1.82, 2.24) is 0 Å². The summed E-state index contributed by atoms with van der Waals surface area (Å²) in [6.07, 6.45) is 0. The highest BCUT2D eigenvalue weighted by atomic mass is 19.1. The van der Waals surface area contributed by atoms with Gasteiger partial charge in [0.25, 0.3) is 11.8 Å². The molecule has 0 fully saturated rings. The van der Waals surface area contributed by atoms with Gasteiger partial charge in [0.1, 0.15) is 23.0 Å². The molecule has 33 heavy (non-hydrogen) atoms. The molecule has 1 heterocycles. The number of halogens is 1. The largest absolute Gasteiger partial charge is 0.495 e. The Morgan fingerprint density at radius 2 is 1.64 bits per heavy atom. The van der Waals surface area contributed by atoms with E-state index < -0.39 is 17.6 Å². The number of benzene rings is 3. The lowest BCUT2D eigenvalue weighted by Crippen LogP contribution is -2.32. The maximum Gasteiger partial charge on any atom is 0.282 e. The maximum atomic E-state index is 13.5. The molecular formula is C26H23FN2O4. The summed E-state index contributed by atoms with van der Waals surface area (Å²) in [5.74, 6) is -0.326. The molecule has 6 nitrogen and oxygen atoms in total. The van der Waals surface area contributed by atoms with Crippen molar-refractivity contribution in [2.45, 2.75) is 13.8 Å². The highest BCUT2D eigenvalue weighted by Gasteiger charge is 2.40. The van der Waals surface area contributed by atoms with Crippen LogP contribution in [-0.4, -0.2) is 25.5 Å². The second-order valence-corrected chi connectivity index (χ2v) is 7.46. The Labute approximate surface area is 191 Å². The minimum Gasteiger partial charge on any atom is -0.495 e. The third-order valence-corrected chi connectivity index (χ3v) is 5.24. The van der Waals surface area contributed by atoms with Gasteiger partial charge in [-0.1, -0.05) is 18.2 Å². The monoisotopic (exact) mass is 446 g/mol. The van der Waals surface area contributed by atoms with E-state index in [1.165, 1.54) is 31.4 Å². The lowest BCUT2D eigenvalue weighted by atomic mass is 10.0. The molecule has 0 saturated heterocycles. The predicted molar refractivity (Wildman–Crippen MR) is 125 cm³/mol. The number of nitrogens with zero attached hydrogens (tertiary/aromatic N) is 1. The van der Waals surface area contributed by atoms with Gasteiger partial charge in [0.05, 0.1) is 30.7 Å². The summed E-state index contributed by atoms with van der Waals surface area (Å²) in [7, 11) is 1.53. The van der Waals surface area contributed by atoms with E-state index in [1.807, 2.05) is 26.0 Å². The van der Waals surface area contributed by atoms with Crippen molar-refractivity contribution >= 4 is 28.8 Å². The number of ether oxygens (including phenoxy) is 2. The average molecular weight is 446 g/mol. The SMILES string of the molecule is CCOc1ccc(C2=C(Nc3cc(C)ccc3OC)C(=O)N(c3ccc(F)cc3)C2=O)cc1. The minimum absolute atomic E-state index is 0.109. The summed E-state index contributed by atoms with van der Waals surface area (Å²) in [5.41, 5.74) is 2.65. The van der Waals surface area contributed by atoms with Crippen LogP contribution in [0.1, 0.15) is 18.1 Å². The number of nitrogens with one attached hydrogen (secondary N) is 1. The second kappa shape index (κ2) is 9.16. The maximum absolute atomic E-state index is 13.5. The Morgan fingerprint density at radius 1 is 0.939 bits per heavy atom. The van der Waals surface area contributed by atoms with Gasteiger partial charge >= 0.3 is 0 Å². The molecule has 2 amide bonds. The second-order valence-electron chi connectivity index (χ2n) is 7.46. The molecule has 0 atom stereocenters. The molecule has 0 saturated carbocycles. The van der Waals surface area contributed by atoms with Crippen LogP contribution in [0.15, 0.2) is 72.4 Å². The van der Waals surface area contributed by atoms with Crippen molar-refractivity contribution in [3.63, 3.8) is 0 Å². The molecule has 3 aromatic rings. The molecule has 0 aromatic heterocycles. The van der Waals surface area contributed by atoms with Gasteiger partial charge in [0.2, 0.25) is 0 Å². The van der Waals surface area contributed by atoms with E-state index in [9.17, 15) is 14.0 Å². The first-order valence-electron chi connectivity index (χ1n) is 10.5. The summed E-state index contributed by atoms with van der Waals surface area (Å²) in [6.45, 7) is 4.31. The number of hydrogen-bond acceptors (Lipinski definition) is 5. The molecule has 1 aliphatic rings. The van der Waals surface area contributed by atoms with Gasteiger partial charge in [-0.3, -0.25) is 9.59 Å². The summed E-state index contributed by atoms with van der Waals surface area (Å²) < 4.78 is 24.4. The highest BCUT2D eigenvalue weighted by molar-refractivity contribution is 6.46. The van der Waals surface area contributed by atoms with Crippen LogP contribution in [-0.2, 0) is 9.59 Å². The van der Waals surface area contributed by atoms with Crippen LogP contribution < -0.4 is 19.7 Å². The smallest absolute Gasteiger partial charge is 0.282 e. The van der Waals surface area contributed by atoms with E-state index in [4.69, 9.17) is 9.47 Å². The molecular weight excluding hydrogens is 423 g/mol. The Morgan fingerprint density at radius 3 is 2.27 bits per heavy atom. The number of hydrogen-bond donors (Lipinski definition) is 1. The Hall–Kier alpha value is -4.13. The van der Waals surface area contributed by atoms with Crippen LogP contribution in [0.5, 0.6) is 11.5 Å². The van der Waals surface area contributed by atoms with Crippen LogP contribution in [0.2, 0.25) is 0 Å². The molecule has 0 aliphatic carbocycles. The zero-order valence-corrected chi connectivity index (χ0v) is 18.5. The van der Waals surface area contributed by atoms with Crippen molar-refractivity contribution in [3.8, 4) is 11.5 Å². The van der Waals surface area contributed by atoms with Crippen LogP contribution in [0.4, 0.5) is 15.8 Å². The molecule has 7 heteroatoms. The number of methoxy groups -OCH3 is 1. The first-order valence-corrected chi connectivity index (χ1v) is 10.5. The predicted octanol–water partition coefficient (Wildman–Crippen LogP) is 4.94. The number of aryl methyl sites for hydroxylation is 1. The van der Waals surface area contributed by atoms with E-state index in [0.29, 0.717) is 29.4 Å². The molecule has 0 spiro atoms. The van der Waals surface area contributed by atoms with Crippen molar-refractivity contribution in [3.05, 3.63) is 89.4 Å². The molecule has 3 aromatic carbocycles. The Kier molecular flexibility index (Phi) is 6.13. The molecule has 0 unspecified atom stereocenters. The molecule has 0 bridgehead atoms. The van der Waals surface area contributed by atoms with Gasteiger partial charge in [-0.15, -0.1) is 0 Å². The van der Waals surface area contributed by atoms with Crippen LogP contribution >= 0.6 is 0 Å². The number of carbonyl (C=O) groups is 2. The topological polar surface area (TPSA) is 67.9 Å². The fraction of sp³-hybridized carbons (Fsp3) is 0.154. The minimum atomic E-state index is -0.543. The van der Waals surface area contributed by atoms with Crippen LogP contribution in [0.25, 0.3) is 5.57 Å². The normalized spacial score (nSPS) is 13.5. The first-order chi connectivity index (χ1) is 15.9. The summed E-state index contributed by atoms with van der Waals surface area (Å²) in [4.78, 5) is 28.0. The molecule has 0 radical (unpaired) electrons. The number of anilines is 2. The number of amides is 2. The molecule has 4 rings (SSSR count). The first kappa shape index (κ1) is 22.1. The zero-order valence-electron chi connectivity index (χ0n) is 18.5. The van der Waals surface area contributed by atoms with Crippen molar-refractivity contribution in [2.24, 2.45) is 0 Å². The molecule has 168 valence electrons. The highest BCUT2D eigenvalue weighted by Crippen LogP contribution is 2.36. The van der Waals surface area contributed by atoms with Crippen molar-refractivity contribution in [2.75, 3.05) is 23.9 Å². The fourth-order valence-electron chi connectivity index (χ4n) is 3.68.